The minimum Gasteiger partial charge on any atom is -0.507 e. The van der Waals surface area contributed by atoms with Gasteiger partial charge in [0.15, 0.2) is 0 Å². The molecule has 2 heteroatoms. The van der Waals surface area contributed by atoms with E-state index in [-0.39, 0.29) is 11.5 Å². The molecule has 0 unspecified atom stereocenters. The van der Waals surface area contributed by atoms with Crippen molar-refractivity contribution >= 4 is 22.9 Å². The van der Waals surface area contributed by atoms with E-state index in [9.17, 15) is 10.2 Å². The van der Waals surface area contributed by atoms with Crippen molar-refractivity contribution in [1.29, 1.82) is 0 Å². The van der Waals surface area contributed by atoms with Crippen LogP contribution in [0, 0.1) is 0 Å². The molecule has 0 saturated carbocycles. The van der Waals surface area contributed by atoms with Crippen LogP contribution >= 0.6 is 0 Å². The number of phenolic OH excluding ortho intramolecular Hbond substituents is 2. The highest BCUT2D eigenvalue weighted by atomic mass is 16.3. The Morgan fingerprint density at radius 3 is 1.50 bits per heavy atom. The molecule has 0 bridgehead atoms. The quantitative estimate of drug-likeness (QED) is 0.799. The highest BCUT2D eigenvalue weighted by Gasteiger charge is 2.04. The van der Waals surface area contributed by atoms with Crippen LogP contribution in [0.4, 0.5) is 0 Å². The molecular formula is C14H12O2. The van der Waals surface area contributed by atoms with Crippen molar-refractivity contribution in [2.45, 2.75) is 0 Å². The van der Waals surface area contributed by atoms with Crippen molar-refractivity contribution in [3.8, 4) is 11.5 Å². The molecule has 0 aromatic heterocycles. The van der Waals surface area contributed by atoms with Gasteiger partial charge >= 0.3 is 0 Å². The second-order valence-corrected chi connectivity index (χ2v) is 3.58. The van der Waals surface area contributed by atoms with Gasteiger partial charge in [-0.15, -0.1) is 0 Å². The number of hydrogen-bond acceptors (Lipinski definition) is 2. The van der Waals surface area contributed by atoms with Crippen LogP contribution in [0.5, 0.6) is 11.5 Å². The Bertz CT molecular complexity index is 534. The van der Waals surface area contributed by atoms with Crippen LogP contribution in [0.15, 0.2) is 37.4 Å². The van der Waals surface area contributed by atoms with Crippen molar-refractivity contribution < 1.29 is 10.2 Å². The van der Waals surface area contributed by atoms with Gasteiger partial charge < -0.3 is 10.2 Å². The minimum absolute atomic E-state index is 0.160. The summed E-state index contributed by atoms with van der Waals surface area (Å²) in [5, 5.41) is 21.0. The van der Waals surface area contributed by atoms with Gasteiger partial charge in [-0.2, -0.15) is 0 Å². The topological polar surface area (TPSA) is 40.5 Å². The Labute approximate surface area is 93.8 Å². The molecule has 2 rings (SSSR count). The first-order valence-corrected chi connectivity index (χ1v) is 4.90. The van der Waals surface area contributed by atoms with Crippen molar-refractivity contribution in [2.24, 2.45) is 0 Å². The monoisotopic (exact) mass is 212 g/mol. The molecule has 80 valence electrons. The number of aromatic hydroxyl groups is 2. The van der Waals surface area contributed by atoms with E-state index in [0.29, 0.717) is 11.1 Å². The van der Waals surface area contributed by atoms with Gasteiger partial charge in [0.2, 0.25) is 0 Å². The maximum absolute atomic E-state index is 9.65. The molecule has 0 atom stereocenters. The second kappa shape index (κ2) is 3.74. The Morgan fingerprint density at radius 2 is 1.12 bits per heavy atom. The Hall–Kier alpha value is -2.22. The number of rotatable bonds is 2. The van der Waals surface area contributed by atoms with Gasteiger partial charge in [0.25, 0.3) is 0 Å². The summed E-state index contributed by atoms with van der Waals surface area (Å²) in [6, 6.07) is 6.87. The standard InChI is InChI=1S/C14H12O2/c1-3-9-5-11-6-10(4-2)14(16)8-12(11)7-13(9)15/h3-8,15-16H,1-2H2. The SMILES string of the molecule is C=Cc1cc2cc(C=C)c(O)cc2cc1O. The zero-order chi connectivity index (χ0) is 11.7. The third kappa shape index (κ3) is 1.54. The number of benzene rings is 2. The summed E-state index contributed by atoms with van der Waals surface area (Å²) in [7, 11) is 0. The van der Waals surface area contributed by atoms with E-state index >= 15 is 0 Å². The first-order chi connectivity index (χ1) is 7.65. The fourth-order valence-corrected chi connectivity index (χ4v) is 1.69. The van der Waals surface area contributed by atoms with Crippen LogP contribution in [0.3, 0.4) is 0 Å². The molecule has 2 N–H and O–H groups in total. The van der Waals surface area contributed by atoms with E-state index in [2.05, 4.69) is 13.2 Å². The molecule has 2 aromatic rings. The van der Waals surface area contributed by atoms with Gasteiger partial charge in [0.1, 0.15) is 11.5 Å². The molecule has 0 fully saturated rings. The lowest BCUT2D eigenvalue weighted by molar-refractivity contribution is 0.473. The van der Waals surface area contributed by atoms with Gasteiger partial charge in [0.05, 0.1) is 0 Å². The number of phenols is 2. The van der Waals surface area contributed by atoms with Gasteiger partial charge in [-0.1, -0.05) is 25.3 Å². The molecule has 0 saturated heterocycles. The second-order valence-electron chi connectivity index (χ2n) is 3.58. The summed E-state index contributed by atoms with van der Waals surface area (Å²) in [4.78, 5) is 0. The highest BCUT2D eigenvalue weighted by molar-refractivity contribution is 5.90. The lowest BCUT2D eigenvalue weighted by Crippen LogP contribution is -1.81. The van der Waals surface area contributed by atoms with E-state index in [4.69, 9.17) is 0 Å². The highest BCUT2D eigenvalue weighted by Crippen LogP contribution is 2.31. The van der Waals surface area contributed by atoms with Crippen LogP contribution in [0.1, 0.15) is 11.1 Å². The van der Waals surface area contributed by atoms with Gasteiger partial charge in [-0.3, -0.25) is 0 Å². The van der Waals surface area contributed by atoms with Gasteiger partial charge in [-0.25, -0.2) is 0 Å². The number of fused-ring (bicyclic) bond motifs is 1. The molecule has 0 heterocycles. The third-order valence-corrected chi connectivity index (χ3v) is 2.57. The summed E-state index contributed by atoms with van der Waals surface area (Å²) >= 11 is 0. The lowest BCUT2D eigenvalue weighted by Gasteiger charge is -2.06. The lowest BCUT2D eigenvalue weighted by atomic mass is 10.0. The summed E-state index contributed by atoms with van der Waals surface area (Å²) in [6.07, 6.45) is 3.18. The zero-order valence-corrected chi connectivity index (χ0v) is 8.77. The van der Waals surface area contributed by atoms with Crippen LogP contribution in [0.25, 0.3) is 22.9 Å². The first-order valence-electron chi connectivity index (χ1n) is 4.90. The van der Waals surface area contributed by atoms with E-state index in [1.807, 2.05) is 12.1 Å². The predicted molar refractivity (Wildman–Crippen MR) is 67.5 cm³/mol. The molecule has 2 nitrogen and oxygen atoms in total. The molecule has 0 aliphatic heterocycles. The fraction of sp³-hybridized carbons (Fsp3) is 0. The maximum Gasteiger partial charge on any atom is 0.123 e. The smallest absolute Gasteiger partial charge is 0.123 e. The van der Waals surface area contributed by atoms with Crippen molar-refractivity contribution in [1.82, 2.24) is 0 Å². The van der Waals surface area contributed by atoms with E-state index < -0.39 is 0 Å². The van der Waals surface area contributed by atoms with Crippen molar-refractivity contribution in [2.75, 3.05) is 0 Å². The summed E-state index contributed by atoms with van der Waals surface area (Å²) in [5.41, 5.74) is 1.35. The minimum atomic E-state index is 0.160. The van der Waals surface area contributed by atoms with E-state index in [1.54, 1.807) is 24.3 Å². The molecule has 0 aliphatic rings. The maximum atomic E-state index is 9.65. The Kier molecular flexibility index (Phi) is 2.41. The zero-order valence-electron chi connectivity index (χ0n) is 8.77. The average Bonchev–Trinajstić information content (AvgIpc) is 2.27. The van der Waals surface area contributed by atoms with E-state index in [0.717, 1.165) is 10.8 Å². The summed E-state index contributed by atoms with van der Waals surface area (Å²) in [5.74, 6) is 0.321. The van der Waals surface area contributed by atoms with Crippen LogP contribution < -0.4 is 0 Å². The van der Waals surface area contributed by atoms with Crippen LogP contribution in [0.2, 0.25) is 0 Å². The van der Waals surface area contributed by atoms with Crippen LogP contribution in [-0.2, 0) is 0 Å². The van der Waals surface area contributed by atoms with E-state index in [1.165, 1.54) is 0 Å². The first kappa shape index (κ1) is 10.3. The predicted octanol–water partition coefficient (Wildman–Crippen LogP) is 3.54. The van der Waals surface area contributed by atoms with Crippen molar-refractivity contribution in [3.05, 3.63) is 48.6 Å². The van der Waals surface area contributed by atoms with Crippen LogP contribution in [-0.4, -0.2) is 10.2 Å². The largest absolute Gasteiger partial charge is 0.507 e. The Morgan fingerprint density at radius 1 is 0.750 bits per heavy atom. The molecule has 2 aromatic carbocycles. The molecule has 0 aliphatic carbocycles. The number of hydrogen-bond donors (Lipinski definition) is 2. The van der Waals surface area contributed by atoms with Gasteiger partial charge in [-0.05, 0) is 35.0 Å². The molecule has 0 spiro atoms. The summed E-state index contributed by atoms with van der Waals surface area (Å²) in [6.45, 7) is 7.26. The fourth-order valence-electron chi connectivity index (χ4n) is 1.69. The average molecular weight is 212 g/mol. The Balaban J connectivity index is 2.81. The third-order valence-electron chi connectivity index (χ3n) is 2.57. The normalized spacial score (nSPS) is 10.2. The molecular weight excluding hydrogens is 200 g/mol. The molecule has 16 heavy (non-hydrogen) atoms. The van der Waals surface area contributed by atoms with Crippen molar-refractivity contribution in [3.63, 3.8) is 0 Å². The molecule has 0 amide bonds. The molecule has 0 radical (unpaired) electrons. The van der Waals surface area contributed by atoms with Gasteiger partial charge in [0, 0.05) is 11.1 Å². The summed E-state index contributed by atoms with van der Waals surface area (Å²) < 4.78 is 0.